The minimum Gasteiger partial charge on any atom is -0.368 e. The second kappa shape index (κ2) is 4.63. The second-order valence-corrected chi connectivity index (χ2v) is 6.04. The third-order valence-corrected chi connectivity index (χ3v) is 3.93. The summed E-state index contributed by atoms with van der Waals surface area (Å²) >= 11 is 0. The lowest BCUT2D eigenvalue weighted by Crippen LogP contribution is -2.49. The van der Waals surface area contributed by atoms with Crippen molar-refractivity contribution in [1.29, 1.82) is 0 Å². The number of likely N-dealkylation sites (N-methyl/N-ethyl adjacent to an activating group) is 1. The van der Waals surface area contributed by atoms with Crippen molar-refractivity contribution in [3.05, 3.63) is 0 Å². The van der Waals surface area contributed by atoms with Crippen molar-refractivity contribution in [2.24, 2.45) is 5.92 Å². The third-order valence-electron chi connectivity index (χ3n) is 3.93. The summed E-state index contributed by atoms with van der Waals surface area (Å²) in [6.45, 7) is 13.1. The quantitative estimate of drug-likeness (QED) is 0.793. The molecule has 0 aromatic rings. The molecule has 1 saturated heterocycles. The molecule has 2 unspecified atom stereocenters. The summed E-state index contributed by atoms with van der Waals surface area (Å²) in [6.07, 6.45) is 0. The van der Waals surface area contributed by atoms with Crippen LogP contribution in [0.15, 0.2) is 0 Å². The lowest BCUT2D eigenvalue weighted by molar-refractivity contribution is -0.0789. The molecule has 0 amide bonds. The van der Waals surface area contributed by atoms with Crippen molar-refractivity contribution < 1.29 is 4.74 Å². The highest BCUT2D eigenvalue weighted by atomic mass is 16.5. The molecule has 96 valence electrons. The summed E-state index contributed by atoms with van der Waals surface area (Å²) in [5, 5.41) is 3.44. The lowest BCUT2D eigenvalue weighted by Gasteiger charge is -2.32. The highest BCUT2D eigenvalue weighted by Crippen LogP contribution is 2.42. The third kappa shape index (κ3) is 2.58. The van der Waals surface area contributed by atoms with Crippen LogP contribution in [-0.2, 0) is 4.74 Å². The van der Waals surface area contributed by atoms with Crippen molar-refractivity contribution >= 4 is 0 Å². The van der Waals surface area contributed by atoms with E-state index in [0.717, 1.165) is 13.1 Å². The van der Waals surface area contributed by atoms with Crippen LogP contribution in [0.1, 0.15) is 34.6 Å². The number of rotatable bonds is 4. The Bertz CT molecular complexity index is 238. The molecule has 0 aliphatic carbocycles. The summed E-state index contributed by atoms with van der Waals surface area (Å²) in [7, 11) is 4.21. The number of ether oxygens (including phenoxy) is 1. The van der Waals surface area contributed by atoms with Gasteiger partial charge in [0.25, 0.3) is 0 Å². The minimum atomic E-state index is -0.0858. The van der Waals surface area contributed by atoms with E-state index in [1.54, 1.807) is 0 Å². The van der Waals surface area contributed by atoms with Crippen LogP contribution < -0.4 is 5.32 Å². The van der Waals surface area contributed by atoms with Crippen LogP contribution in [0.4, 0.5) is 0 Å². The molecule has 1 rings (SSSR count). The molecule has 0 radical (unpaired) electrons. The molecule has 0 aromatic carbocycles. The fraction of sp³-hybridized carbons (Fsp3) is 1.00. The molecule has 0 bridgehead atoms. The molecule has 0 aromatic heterocycles. The first-order chi connectivity index (χ1) is 7.24. The number of hydrogen-bond donors (Lipinski definition) is 1. The van der Waals surface area contributed by atoms with E-state index in [-0.39, 0.29) is 11.2 Å². The molecule has 1 aliphatic heterocycles. The first-order valence-electron chi connectivity index (χ1n) is 6.30. The topological polar surface area (TPSA) is 24.5 Å². The van der Waals surface area contributed by atoms with Gasteiger partial charge in [-0.1, -0.05) is 6.92 Å². The Balaban J connectivity index is 2.86. The maximum Gasteiger partial charge on any atom is 0.0790 e. The summed E-state index contributed by atoms with van der Waals surface area (Å²) in [4.78, 5) is 2.36. The fourth-order valence-electron chi connectivity index (χ4n) is 3.04. The summed E-state index contributed by atoms with van der Waals surface area (Å²) in [5.74, 6) is 0.525. The van der Waals surface area contributed by atoms with Gasteiger partial charge >= 0.3 is 0 Å². The van der Waals surface area contributed by atoms with Crippen molar-refractivity contribution in [1.82, 2.24) is 10.2 Å². The molecule has 16 heavy (non-hydrogen) atoms. The van der Waals surface area contributed by atoms with Gasteiger partial charge in [-0.05, 0) is 48.3 Å². The Morgan fingerprint density at radius 3 is 2.19 bits per heavy atom. The van der Waals surface area contributed by atoms with Gasteiger partial charge in [0.15, 0.2) is 0 Å². The normalized spacial score (nSPS) is 32.2. The van der Waals surface area contributed by atoms with E-state index in [1.165, 1.54) is 0 Å². The maximum atomic E-state index is 6.21. The molecular weight excluding hydrogens is 200 g/mol. The maximum absolute atomic E-state index is 6.21. The van der Waals surface area contributed by atoms with Crippen LogP contribution in [0, 0.1) is 5.92 Å². The monoisotopic (exact) mass is 228 g/mol. The molecule has 1 heterocycles. The van der Waals surface area contributed by atoms with E-state index in [4.69, 9.17) is 4.74 Å². The van der Waals surface area contributed by atoms with Crippen LogP contribution in [0.3, 0.4) is 0 Å². The number of hydrogen-bond acceptors (Lipinski definition) is 3. The Morgan fingerprint density at radius 2 is 1.75 bits per heavy atom. The average molecular weight is 228 g/mol. The van der Waals surface area contributed by atoms with Crippen LogP contribution in [-0.4, -0.2) is 49.3 Å². The molecule has 1 N–H and O–H groups in total. The van der Waals surface area contributed by atoms with Gasteiger partial charge in [0.05, 0.1) is 11.2 Å². The van der Waals surface area contributed by atoms with E-state index in [9.17, 15) is 0 Å². The minimum absolute atomic E-state index is 0.0550. The Morgan fingerprint density at radius 1 is 1.19 bits per heavy atom. The summed E-state index contributed by atoms with van der Waals surface area (Å²) in [5.41, 5.74) is -0.141. The van der Waals surface area contributed by atoms with Gasteiger partial charge in [0, 0.05) is 18.5 Å². The fourth-order valence-corrected chi connectivity index (χ4v) is 3.04. The van der Waals surface area contributed by atoms with Crippen LogP contribution >= 0.6 is 0 Å². The molecule has 3 nitrogen and oxygen atoms in total. The van der Waals surface area contributed by atoms with Crippen LogP contribution in [0.5, 0.6) is 0 Å². The van der Waals surface area contributed by atoms with Crippen LogP contribution in [0.25, 0.3) is 0 Å². The van der Waals surface area contributed by atoms with E-state index in [2.05, 4.69) is 51.9 Å². The van der Waals surface area contributed by atoms with E-state index in [0.29, 0.717) is 12.0 Å². The van der Waals surface area contributed by atoms with Gasteiger partial charge in [-0.25, -0.2) is 0 Å². The second-order valence-electron chi connectivity index (χ2n) is 6.04. The summed E-state index contributed by atoms with van der Waals surface area (Å²) in [6, 6.07) is 0.413. The Hall–Kier alpha value is -0.120. The molecular formula is C13H28N2O. The largest absolute Gasteiger partial charge is 0.368 e. The Labute approximate surface area is 101 Å². The SMILES string of the molecule is CCN(C)CC1C(NC)C(C)(C)OC1(C)C. The van der Waals surface area contributed by atoms with Crippen molar-refractivity contribution in [2.45, 2.75) is 51.9 Å². The van der Waals surface area contributed by atoms with E-state index < -0.39 is 0 Å². The van der Waals surface area contributed by atoms with Crippen molar-refractivity contribution in [3.63, 3.8) is 0 Å². The lowest BCUT2D eigenvalue weighted by atomic mass is 9.82. The first-order valence-corrected chi connectivity index (χ1v) is 6.30. The zero-order valence-corrected chi connectivity index (χ0v) is 11.9. The molecule has 0 spiro atoms. The first kappa shape index (κ1) is 13.9. The van der Waals surface area contributed by atoms with Crippen LogP contribution in [0.2, 0.25) is 0 Å². The number of nitrogens with one attached hydrogen (secondary N) is 1. The standard InChI is InChI=1S/C13H28N2O/c1-8-15(7)9-10-11(14-6)13(4,5)16-12(10,2)3/h10-11,14H,8-9H2,1-7H3. The molecule has 1 aliphatic rings. The van der Waals surface area contributed by atoms with E-state index in [1.807, 2.05) is 7.05 Å². The van der Waals surface area contributed by atoms with Gasteiger partial charge < -0.3 is 15.0 Å². The Kier molecular flexibility index (Phi) is 4.04. The molecule has 2 atom stereocenters. The van der Waals surface area contributed by atoms with E-state index >= 15 is 0 Å². The van der Waals surface area contributed by atoms with Crippen molar-refractivity contribution in [3.8, 4) is 0 Å². The predicted octanol–water partition coefficient (Wildman–Crippen LogP) is 1.73. The van der Waals surface area contributed by atoms with Gasteiger partial charge in [-0.15, -0.1) is 0 Å². The molecule has 1 fully saturated rings. The van der Waals surface area contributed by atoms with Gasteiger partial charge in [0.2, 0.25) is 0 Å². The number of nitrogens with zero attached hydrogens (tertiary/aromatic N) is 1. The molecule has 3 heteroatoms. The summed E-state index contributed by atoms with van der Waals surface area (Å²) < 4.78 is 6.21. The van der Waals surface area contributed by atoms with Gasteiger partial charge in [-0.2, -0.15) is 0 Å². The van der Waals surface area contributed by atoms with Crippen molar-refractivity contribution in [2.75, 3.05) is 27.2 Å². The molecule has 0 saturated carbocycles. The van der Waals surface area contributed by atoms with Gasteiger partial charge in [-0.3, -0.25) is 0 Å². The predicted molar refractivity (Wildman–Crippen MR) is 68.8 cm³/mol. The highest BCUT2D eigenvalue weighted by Gasteiger charge is 2.53. The smallest absolute Gasteiger partial charge is 0.0790 e. The highest BCUT2D eigenvalue weighted by molar-refractivity contribution is 5.05. The average Bonchev–Trinajstić information content (AvgIpc) is 2.31. The zero-order chi connectivity index (χ0) is 12.6. The van der Waals surface area contributed by atoms with Gasteiger partial charge in [0.1, 0.15) is 0 Å². The zero-order valence-electron chi connectivity index (χ0n) is 11.9.